The van der Waals surface area contributed by atoms with E-state index in [-0.39, 0.29) is 52.0 Å². The van der Waals surface area contributed by atoms with Gasteiger partial charge in [-0.05, 0) is 19.3 Å². The third kappa shape index (κ3) is 12.8. The van der Waals surface area contributed by atoms with Crippen LogP contribution >= 0.6 is 0 Å². The summed E-state index contributed by atoms with van der Waals surface area (Å²) in [7, 11) is 0. The molecule has 0 aliphatic carbocycles. The van der Waals surface area contributed by atoms with Gasteiger partial charge in [-0.2, -0.15) is 0 Å². The van der Waals surface area contributed by atoms with Crippen molar-refractivity contribution >= 4 is 17.8 Å². The number of carboxylic acid groups (broad SMARTS) is 1. The summed E-state index contributed by atoms with van der Waals surface area (Å²) in [5, 5.41) is 31.0. The Morgan fingerprint density at radius 2 is 1.50 bits per heavy atom. The molecule has 0 aromatic rings. The molecule has 1 atom stereocenters. The van der Waals surface area contributed by atoms with Crippen molar-refractivity contribution < 1.29 is 39.2 Å². The second kappa shape index (κ2) is 14.8. The molecule has 0 aromatic carbocycles. The lowest BCUT2D eigenvalue weighted by Gasteiger charge is -2.14. The first-order valence-electron chi connectivity index (χ1n) is 7.67. The number of aliphatic carboxylic acids is 1. The van der Waals surface area contributed by atoms with E-state index in [4.69, 9.17) is 24.8 Å². The Morgan fingerprint density at radius 3 is 2.04 bits per heavy atom. The Morgan fingerprint density at radius 1 is 0.917 bits per heavy atom. The SMILES string of the molecule is O=C(COCCO)NCCCCC(NC(=O)COCCO)C(=O)O. The number of unbranched alkanes of at least 4 members (excludes halogenated alkanes) is 1. The molecule has 24 heavy (non-hydrogen) atoms. The van der Waals surface area contributed by atoms with Crippen LogP contribution in [0.4, 0.5) is 0 Å². The number of aliphatic hydroxyl groups is 2. The van der Waals surface area contributed by atoms with Crippen LogP contribution < -0.4 is 10.6 Å². The summed E-state index contributed by atoms with van der Waals surface area (Å²) in [6.07, 6.45) is 1.26. The number of ether oxygens (including phenoxy) is 2. The Kier molecular flexibility index (Phi) is 13.7. The number of amides is 2. The summed E-state index contributed by atoms with van der Waals surface area (Å²) in [6.45, 7) is -0.354. The van der Waals surface area contributed by atoms with Crippen LogP contribution in [0.25, 0.3) is 0 Å². The van der Waals surface area contributed by atoms with Gasteiger partial charge in [-0.1, -0.05) is 0 Å². The quantitative estimate of drug-likeness (QED) is 0.210. The Labute approximate surface area is 140 Å². The molecule has 0 bridgehead atoms. The van der Waals surface area contributed by atoms with E-state index < -0.39 is 17.9 Å². The highest BCUT2D eigenvalue weighted by molar-refractivity contribution is 5.84. The zero-order valence-electron chi connectivity index (χ0n) is 13.5. The first-order chi connectivity index (χ1) is 11.5. The molecule has 2 amide bonds. The van der Waals surface area contributed by atoms with E-state index in [2.05, 4.69) is 10.6 Å². The molecular weight excluding hydrogens is 324 g/mol. The number of nitrogens with one attached hydrogen (secondary N) is 2. The Balaban J connectivity index is 3.83. The highest BCUT2D eigenvalue weighted by Gasteiger charge is 2.19. The van der Waals surface area contributed by atoms with E-state index in [1.807, 2.05) is 0 Å². The standard InChI is InChI=1S/C14H26N2O8/c17-5-7-23-9-12(19)15-4-2-1-3-11(14(21)22)16-13(20)10-24-8-6-18/h11,17-18H,1-10H2,(H,15,19)(H,16,20)(H,21,22). The van der Waals surface area contributed by atoms with Crippen molar-refractivity contribution in [3.8, 4) is 0 Å². The highest BCUT2D eigenvalue weighted by atomic mass is 16.5. The van der Waals surface area contributed by atoms with Crippen LogP contribution in [0, 0.1) is 0 Å². The van der Waals surface area contributed by atoms with E-state index in [0.29, 0.717) is 19.4 Å². The number of hydrogen-bond donors (Lipinski definition) is 5. The molecule has 0 heterocycles. The average Bonchev–Trinajstić information content (AvgIpc) is 2.53. The molecule has 1 unspecified atom stereocenters. The normalized spacial score (nSPS) is 11.8. The molecule has 10 nitrogen and oxygen atoms in total. The summed E-state index contributed by atoms with van der Waals surface area (Å²) < 4.78 is 9.65. The third-order valence-electron chi connectivity index (χ3n) is 2.81. The van der Waals surface area contributed by atoms with Crippen molar-refractivity contribution in [3.63, 3.8) is 0 Å². The molecule has 0 spiro atoms. The molecule has 0 rings (SSSR count). The third-order valence-corrected chi connectivity index (χ3v) is 2.81. The Hall–Kier alpha value is -1.75. The predicted octanol–water partition coefficient (Wildman–Crippen LogP) is -2.14. The van der Waals surface area contributed by atoms with Gasteiger partial charge in [0.25, 0.3) is 0 Å². The van der Waals surface area contributed by atoms with Crippen LogP contribution in [0.1, 0.15) is 19.3 Å². The van der Waals surface area contributed by atoms with Gasteiger partial charge in [0.2, 0.25) is 11.8 Å². The van der Waals surface area contributed by atoms with Crippen molar-refractivity contribution in [2.24, 2.45) is 0 Å². The fourth-order valence-electron chi connectivity index (χ4n) is 1.70. The van der Waals surface area contributed by atoms with Gasteiger partial charge in [0.05, 0.1) is 26.4 Å². The van der Waals surface area contributed by atoms with Crippen molar-refractivity contribution in [3.05, 3.63) is 0 Å². The number of rotatable bonds is 15. The first-order valence-corrected chi connectivity index (χ1v) is 7.67. The van der Waals surface area contributed by atoms with Crippen LogP contribution in [-0.2, 0) is 23.9 Å². The fraction of sp³-hybridized carbons (Fsp3) is 0.786. The summed E-state index contributed by atoms with van der Waals surface area (Å²) in [4.78, 5) is 33.8. The van der Waals surface area contributed by atoms with Gasteiger partial charge in [0.1, 0.15) is 19.3 Å². The largest absolute Gasteiger partial charge is 0.480 e. The van der Waals surface area contributed by atoms with Crippen molar-refractivity contribution in [2.75, 3.05) is 46.2 Å². The molecule has 140 valence electrons. The van der Waals surface area contributed by atoms with Crippen LogP contribution in [0.15, 0.2) is 0 Å². The topological polar surface area (TPSA) is 154 Å². The van der Waals surface area contributed by atoms with Crippen LogP contribution in [0.3, 0.4) is 0 Å². The van der Waals surface area contributed by atoms with E-state index >= 15 is 0 Å². The monoisotopic (exact) mass is 350 g/mol. The molecule has 0 saturated carbocycles. The van der Waals surface area contributed by atoms with Gasteiger partial charge in [0, 0.05) is 6.54 Å². The predicted molar refractivity (Wildman–Crippen MR) is 82.2 cm³/mol. The molecule has 0 radical (unpaired) electrons. The Bertz CT molecular complexity index is 378. The lowest BCUT2D eigenvalue weighted by Crippen LogP contribution is -2.42. The van der Waals surface area contributed by atoms with Gasteiger partial charge in [-0.3, -0.25) is 9.59 Å². The van der Waals surface area contributed by atoms with Gasteiger partial charge < -0.3 is 35.4 Å². The summed E-state index contributed by atoms with van der Waals surface area (Å²) in [6, 6.07) is -1.03. The molecule has 10 heteroatoms. The average molecular weight is 350 g/mol. The van der Waals surface area contributed by atoms with Crippen LogP contribution in [0.5, 0.6) is 0 Å². The van der Waals surface area contributed by atoms with Gasteiger partial charge in [-0.15, -0.1) is 0 Å². The summed E-state index contributed by atoms with van der Waals surface area (Å²) in [5.41, 5.74) is 0. The molecule has 5 N–H and O–H groups in total. The van der Waals surface area contributed by atoms with Gasteiger partial charge in [-0.25, -0.2) is 4.79 Å². The van der Waals surface area contributed by atoms with Gasteiger partial charge in [0.15, 0.2) is 0 Å². The minimum Gasteiger partial charge on any atom is -0.480 e. The molecular formula is C14H26N2O8. The zero-order valence-corrected chi connectivity index (χ0v) is 13.5. The number of aliphatic hydroxyl groups excluding tert-OH is 2. The molecule has 0 aliphatic rings. The maximum absolute atomic E-state index is 11.5. The minimum absolute atomic E-state index is 0.00682. The smallest absolute Gasteiger partial charge is 0.326 e. The highest BCUT2D eigenvalue weighted by Crippen LogP contribution is 2.01. The maximum atomic E-state index is 11.5. The molecule has 0 saturated heterocycles. The van der Waals surface area contributed by atoms with Gasteiger partial charge >= 0.3 is 5.97 Å². The van der Waals surface area contributed by atoms with E-state index in [0.717, 1.165) is 0 Å². The van der Waals surface area contributed by atoms with E-state index in [9.17, 15) is 14.4 Å². The molecule has 0 aromatic heterocycles. The number of carbonyl (C=O) groups is 3. The van der Waals surface area contributed by atoms with Crippen LogP contribution in [-0.4, -0.2) is 85.3 Å². The molecule has 0 aliphatic heterocycles. The number of carboxylic acids is 1. The van der Waals surface area contributed by atoms with E-state index in [1.165, 1.54) is 0 Å². The summed E-state index contributed by atoms with van der Waals surface area (Å²) in [5.74, 6) is -2.02. The van der Waals surface area contributed by atoms with Crippen molar-refractivity contribution in [1.29, 1.82) is 0 Å². The lowest BCUT2D eigenvalue weighted by atomic mass is 10.1. The van der Waals surface area contributed by atoms with Crippen molar-refractivity contribution in [1.82, 2.24) is 10.6 Å². The fourth-order valence-corrected chi connectivity index (χ4v) is 1.70. The summed E-state index contributed by atoms with van der Waals surface area (Å²) >= 11 is 0. The number of carbonyl (C=O) groups excluding carboxylic acids is 2. The first kappa shape index (κ1) is 22.2. The van der Waals surface area contributed by atoms with Crippen molar-refractivity contribution in [2.45, 2.75) is 25.3 Å². The van der Waals surface area contributed by atoms with E-state index in [1.54, 1.807) is 0 Å². The zero-order chi connectivity index (χ0) is 18.2. The van der Waals surface area contributed by atoms with Crippen LogP contribution in [0.2, 0.25) is 0 Å². The minimum atomic E-state index is -1.15. The lowest BCUT2D eigenvalue weighted by molar-refractivity contribution is -0.142. The second-order valence-corrected chi connectivity index (χ2v) is 4.86. The molecule has 0 fully saturated rings. The maximum Gasteiger partial charge on any atom is 0.326 e. The number of hydrogen-bond acceptors (Lipinski definition) is 7. The second-order valence-electron chi connectivity index (χ2n) is 4.86.